The average Bonchev–Trinajstić information content (AvgIpc) is 3.07. The third-order valence-electron chi connectivity index (χ3n) is 3.56. The van der Waals surface area contributed by atoms with Gasteiger partial charge >= 0.3 is 0 Å². The number of carbonyl (C=O) groups excluding carboxylic acids is 1. The van der Waals surface area contributed by atoms with Gasteiger partial charge in [-0.3, -0.25) is 4.79 Å². The van der Waals surface area contributed by atoms with E-state index < -0.39 is 11.6 Å². The Morgan fingerprint density at radius 1 is 1.15 bits per heavy atom. The fourth-order valence-electron chi connectivity index (χ4n) is 2.34. The molecule has 0 aliphatic rings. The molecule has 2 aromatic carbocycles. The van der Waals surface area contributed by atoms with Gasteiger partial charge in [0.05, 0.1) is 18.7 Å². The van der Waals surface area contributed by atoms with Crippen LogP contribution in [0.3, 0.4) is 0 Å². The lowest BCUT2D eigenvalue weighted by Crippen LogP contribution is -2.14. The molecule has 0 radical (unpaired) electrons. The summed E-state index contributed by atoms with van der Waals surface area (Å²) in [7, 11) is 0. The van der Waals surface area contributed by atoms with Gasteiger partial charge in [0.25, 0.3) is 0 Å². The zero-order valence-corrected chi connectivity index (χ0v) is 14.8. The summed E-state index contributed by atoms with van der Waals surface area (Å²) in [6, 6.07) is 10.9. The van der Waals surface area contributed by atoms with Gasteiger partial charge in [0.2, 0.25) is 5.91 Å². The highest BCUT2D eigenvalue weighted by Crippen LogP contribution is 2.26. The van der Waals surface area contributed by atoms with Gasteiger partial charge in [0.1, 0.15) is 5.75 Å². The quantitative estimate of drug-likeness (QED) is 0.682. The fourth-order valence-corrected chi connectivity index (χ4v) is 3.07. The smallest absolute Gasteiger partial charge is 0.230 e. The van der Waals surface area contributed by atoms with Crippen molar-refractivity contribution in [1.82, 2.24) is 4.98 Å². The standard InChI is InChI=1S/C19H16F2N2O2S/c1-2-25-14-6-3-12(4-7-14)9-18(24)23-19-22-17(11-26-19)13-5-8-15(20)16(21)10-13/h3-8,10-11H,2,9H2,1H3,(H,22,23,24). The predicted molar refractivity (Wildman–Crippen MR) is 97.4 cm³/mol. The van der Waals surface area contributed by atoms with Gasteiger partial charge in [-0.15, -0.1) is 11.3 Å². The highest BCUT2D eigenvalue weighted by atomic mass is 32.1. The Bertz CT molecular complexity index is 910. The molecule has 0 atom stereocenters. The summed E-state index contributed by atoms with van der Waals surface area (Å²) in [5, 5.41) is 4.80. The second-order valence-corrected chi connectivity index (χ2v) is 6.33. The first-order valence-electron chi connectivity index (χ1n) is 7.97. The van der Waals surface area contributed by atoms with Crippen molar-refractivity contribution in [3.63, 3.8) is 0 Å². The molecule has 3 rings (SSSR count). The van der Waals surface area contributed by atoms with Crippen LogP contribution in [0.4, 0.5) is 13.9 Å². The molecule has 3 aromatic rings. The van der Waals surface area contributed by atoms with Crippen LogP contribution >= 0.6 is 11.3 Å². The summed E-state index contributed by atoms with van der Waals surface area (Å²) in [6.45, 7) is 2.49. The summed E-state index contributed by atoms with van der Waals surface area (Å²) < 4.78 is 31.7. The number of nitrogens with one attached hydrogen (secondary N) is 1. The van der Waals surface area contributed by atoms with E-state index in [0.717, 1.165) is 23.4 Å². The number of anilines is 1. The van der Waals surface area contributed by atoms with Crippen molar-refractivity contribution >= 4 is 22.4 Å². The summed E-state index contributed by atoms with van der Waals surface area (Å²) in [4.78, 5) is 16.4. The minimum absolute atomic E-state index is 0.201. The van der Waals surface area contributed by atoms with E-state index in [0.29, 0.717) is 23.0 Å². The fraction of sp³-hybridized carbons (Fsp3) is 0.158. The predicted octanol–water partition coefficient (Wildman–Crippen LogP) is 4.67. The molecule has 0 bridgehead atoms. The summed E-state index contributed by atoms with van der Waals surface area (Å²) in [5.74, 6) is -1.29. The van der Waals surface area contributed by atoms with Crippen LogP contribution in [0, 0.1) is 11.6 Å². The molecule has 1 N–H and O–H groups in total. The molecular weight excluding hydrogens is 358 g/mol. The maximum Gasteiger partial charge on any atom is 0.230 e. The monoisotopic (exact) mass is 374 g/mol. The Hall–Kier alpha value is -2.80. The van der Waals surface area contributed by atoms with Gasteiger partial charge in [0.15, 0.2) is 16.8 Å². The lowest BCUT2D eigenvalue weighted by atomic mass is 10.1. The first kappa shape index (κ1) is 18.0. The Morgan fingerprint density at radius 2 is 1.92 bits per heavy atom. The van der Waals surface area contributed by atoms with E-state index in [1.165, 1.54) is 17.4 Å². The van der Waals surface area contributed by atoms with E-state index in [9.17, 15) is 13.6 Å². The Kier molecular flexibility index (Phi) is 5.58. The first-order chi connectivity index (χ1) is 12.5. The molecule has 26 heavy (non-hydrogen) atoms. The zero-order chi connectivity index (χ0) is 18.5. The molecule has 7 heteroatoms. The largest absolute Gasteiger partial charge is 0.494 e. The molecule has 4 nitrogen and oxygen atoms in total. The molecular formula is C19H16F2N2O2S. The molecule has 0 saturated carbocycles. The normalized spacial score (nSPS) is 10.6. The molecule has 0 saturated heterocycles. The van der Waals surface area contributed by atoms with Crippen LogP contribution in [0.15, 0.2) is 47.8 Å². The van der Waals surface area contributed by atoms with Crippen LogP contribution in [-0.4, -0.2) is 17.5 Å². The van der Waals surface area contributed by atoms with Gasteiger partial charge in [-0.1, -0.05) is 12.1 Å². The van der Waals surface area contributed by atoms with Crippen LogP contribution in [-0.2, 0) is 11.2 Å². The van der Waals surface area contributed by atoms with E-state index in [1.54, 1.807) is 5.38 Å². The molecule has 1 heterocycles. The lowest BCUT2D eigenvalue weighted by molar-refractivity contribution is -0.115. The van der Waals surface area contributed by atoms with Crippen molar-refractivity contribution < 1.29 is 18.3 Å². The van der Waals surface area contributed by atoms with Crippen molar-refractivity contribution in [2.75, 3.05) is 11.9 Å². The number of halogens is 2. The highest BCUT2D eigenvalue weighted by molar-refractivity contribution is 7.14. The van der Waals surface area contributed by atoms with Crippen molar-refractivity contribution in [2.45, 2.75) is 13.3 Å². The maximum atomic E-state index is 13.3. The Labute approximate surface area is 153 Å². The number of benzene rings is 2. The van der Waals surface area contributed by atoms with Gasteiger partial charge in [-0.25, -0.2) is 13.8 Å². The van der Waals surface area contributed by atoms with Crippen molar-refractivity contribution in [2.24, 2.45) is 0 Å². The summed E-state index contributed by atoms with van der Waals surface area (Å²) in [6.07, 6.45) is 0.201. The van der Waals surface area contributed by atoms with Crippen LogP contribution < -0.4 is 10.1 Å². The van der Waals surface area contributed by atoms with Crippen LogP contribution in [0.5, 0.6) is 5.75 Å². The Morgan fingerprint density at radius 3 is 2.62 bits per heavy atom. The lowest BCUT2D eigenvalue weighted by Gasteiger charge is -2.05. The number of aromatic nitrogens is 1. The average molecular weight is 374 g/mol. The van der Waals surface area contributed by atoms with E-state index in [-0.39, 0.29) is 12.3 Å². The van der Waals surface area contributed by atoms with Crippen LogP contribution in [0.1, 0.15) is 12.5 Å². The van der Waals surface area contributed by atoms with Crippen LogP contribution in [0.2, 0.25) is 0 Å². The third kappa shape index (κ3) is 4.43. The molecule has 1 aromatic heterocycles. The molecule has 1 amide bonds. The number of ether oxygens (including phenoxy) is 1. The van der Waals surface area contributed by atoms with Crippen molar-refractivity contribution in [3.05, 3.63) is 65.0 Å². The van der Waals surface area contributed by atoms with Crippen molar-refractivity contribution in [3.8, 4) is 17.0 Å². The van der Waals surface area contributed by atoms with Gasteiger partial charge in [-0.2, -0.15) is 0 Å². The zero-order valence-electron chi connectivity index (χ0n) is 14.0. The highest BCUT2D eigenvalue weighted by Gasteiger charge is 2.11. The summed E-state index contributed by atoms with van der Waals surface area (Å²) >= 11 is 1.22. The number of hydrogen-bond donors (Lipinski definition) is 1. The molecule has 0 unspecified atom stereocenters. The van der Waals surface area contributed by atoms with Gasteiger partial charge in [-0.05, 0) is 42.8 Å². The van der Waals surface area contributed by atoms with E-state index in [1.807, 2.05) is 31.2 Å². The number of thiazole rings is 1. The minimum atomic E-state index is -0.934. The number of amides is 1. The van der Waals surface area contributed by atoms with E-state index in [4.69, 9.17) is 4.74 Å². The van der Waals surface area contributed by atoms with Crippen molar-refractivity contribution in [1.29, 1.82) is 0 Å². The summed E-state index contributed by atoms with van der Waals surface area (Å²) in [5.41, 5.74) is 1.78. The SMILES string of the molecule is CCOc1ccc(CC(=O)Nc2nc(-c3ccc(F)c(F)c3)cs2)cc1. The van der Waals surface area contributed by atoms with E-state index in [2.05, 4.69) is 10.3 Å². The molecule has 0 aliphatic carbocycles. The van der Waals surface area contributed by atoms with E-state index >= 15 is 0 Å². The first-order valence-corrected chi connectivity index (χ1v) is 8.85. The molecule has 0 aliphatic heterocycles. The molecule has 134 valence electrons. The van der Waals surface area contributed by atoms with Crippen LogP contribution in [0.25, 0.3) is 11.3 Å². The van der Waals surface area contributed by atoms with Gasteiger partial charge in [0, 0.05) is 10.9 Å². The molecule has 0 fully saturated rings. The molecule has 0 spiro atoms. The number of carbonyl (C=O) groups is 1. The number of rotatable bonds is 6. The topological polar surface area (TPSA) is 51.2 Å². The van der Waals surface area contributed by atoms with Gasteiger partial charge < -0.3 is 10.1 Å². The minimum Gasteiger partial charge on any atom is -0.494 e. The maximum absolute atomic E-state index is 13.3. The number of nitrogens with zero attached hydrogens (tertiary/aromatic N) is 1. The Balaban J connectivity index is 1.63. The second-order valence-electron chi connectivity index (χ2n) is 5.47. The third-order valence-corrected chi connectivity index (χ3v) is 4.32. The number of hydrogen-bond acceptors (Lipinski definition) is 4. The second kappa shape index (κ2) is 8.05.